The third-order valence-electron chi connectivity index (χ3n) is 7.52. The molecule has 3 N–H and O–H groups in total. The van der Waals surface area contributed by atoms with E-state index >= 15 is 0 Å². The number of nitrogens with two attached hydrogens (primary N) is 1. The third kappa shape index (κ3) is 6.06. The number of esters is 1. The predicted molar refractivity (Wildman–Crippen MR) is 145 cm³/mol. The fraction of sp³-hybridized carbons (Fsp3) is 0.571. The first-order valence-corrected chi connectivity index (χ1v) is 13.6. The third-order valence-corrected chi connectivity index (χ3v) is 7.52. The van der Waals surface area contributed by atoms with Gasteiger partial charge in [0.1, 0.15) is 42.8 Å². The Hall–Kier alpha value is -3.12. The Morgan fingerprint density at radius 1 is 1.15 bits per heavy atom. The molecule has 0 spiro atoms. The minimum Gasteiger partial charge on any atom is -0.462 e. The van der Waals surface area contributed by atoms with Crippen molar-refractivity contribution in [3.05, 3.63) is 48.5 Å². The molecule has 11 nitrogen and oxygen atoms in total. The minimum atomic E-state index is -0.749. The van der Waals surface area contributed by atoms with Crippen molar-refractivity contribution in [2.45, 2.75) is 89.9 Å². The van der Waals surface area contributed by atoms with E-state index in [-0.39, 0.29) is 30.8 Å². The topological polar surface area (TPSA) is 136 Å². The number of fused-ring (bicyclic) bond motifs is 2. The Balaban J connectivity index is 1.23. The molecule has 2 fully saturated rings. The summed E-state index contributed by atoms with van der Waals surface area (Å²) in [5.41, 5.74) is 8.65. The molecule has 2 saturated heterocycles. The number of aromatic nitrogens is 4. The van der Waals surface area contributed by atoms with Gasteiger partial charge in [-0.1, -0.05) is 50.6 Å². The Morgan fingerprint density at radius 3 is 2.64 bits per heavy atom. The van der Waals surface area contributed by atoms with Crippen molar-refractivity contribution < 1.29 is 23.7 Å². The van der Waals surface area contributed by atoms with Crippen LogP contribution >= 0.6 is 0 Å². The summed E-state index contributed by atoms with van der Waals surface area (Å²) in [6, 6.07) is 9.46. The molecule has 0 unspecified atom stereocenters. The van der Waals surface area contributed by atoms with E-state index in [2.05, 4.69) is 32.4 Å². The van der Waals surface area contributed by atoms with Gasteiger partial charge >= 0.3 is 5.97 Å². The highest BCUT2D eigenvalue weighted by Gasteiger charge is 2.55. The van der Waals surface area contributed by atoms with Gasteiger partial charge in [0.25, 0.3) is 0 Å². The quantitative estimate of drug-likeness (QED) is 0.351. The highest BCUT2D eigenvalue weighted by Crippen LogP contribution is 2.40. The molecule has 210 valence electrons. The van der Waals surface area contributed by atoms with Crippen LogP contribution in [0.4, 0.5) is 5.82 Å². The zero-order valence-corrected chi connectivity index (χ0v) is 22.9. The highest BCUT2D eigenvalue weighted by molar-refractivity contribution is 5.82. The van der Waals surface area contributed by atoms with Crippen LogP contribution in [-0.4, -0.2) is 68.3 Å². The van der Waals surface area contributed by atoms with Gasteiger partial charge in [0.05, 0.1) is 12.4 Å². The van der Waals surface area contributed by atoms with Gasteiger partial charge in [-0.15, -0.1) is 0 Å². The molecule has 5 rings (SSSR count). The summed E-state index contributed by atoms with van der Waals surface area (Å²) in [6.45, 7) is 9.01. The number of rotatable bonds is 11. The van der Waals surface area contributed by atoms with Gasteiger partial charge in [0, 0.05) is 13.1 Å². The monoisotopic (exact) mass is 538 g/mol. The SMILES string of the molecule is CC[C@H](C)[C@H](N)C(=O)OC[C@H]1O[C@@H](CCn2cnc3c(NCc4ccccc4)ncnc32)[C@@H]2OC(C)(C)O[C@@H]21. The zero-order chi connectivity index (χ0) is 27.6. The van der Waals surface area contributed by atoms with Crippen molar-refractivity contribution in [1.29, 1.82) is 0 Å². The Morgan fingerprint density at radius 2 is 1.90 bits per heavy atom. The van der Waals surface area contributed by atoms with Crippen LogP contribution in [0.3, 0.4) is 0 Å². The first-order chi connectivity index (χ1) is 18.8. The van der Waals surface area contributed by atoms with Crippen LogP contribution in [0.1, 0.15) is 46.1 Å². The maximum atomic E-state index is 12.5. The van der Waals surface area contributed by atoms with Crippen molar-refractivity contribution in [2.24, 2.45) is 11.7 Å². The number of benzene rings is 1. The van der Waals surface area contributed by atoms with E-state index in [1.54, 1.807) is 12.7 Å². The fourth-order valence-electron chi connectivity index (χ4n) is 5.11. The molecule has 0 saturated carbocycles. The number of carbonyl (C=O) groups is 1. The molecular formula is C28H38N6O5. The molecule has 2 aromatic heterocycles. The van der Waals surface area contributed by atoms with E-state index in [4.69, 9.17) is 24.7 Å². The van der Waals surface area contributed by atoms with E-state index in [0.717, 1.165) is 17.6 Å². The average Bonchev–Trinajstić information content (AvgIpc) is 3.60. The smallest absolute Gasteiger partial charge is 0.323 e. The largest absolute Gasteiger partial charge is 0.462 e. The van der Waals surface area contributed by atoms with Crippen LogP contribution in [0.2, 0.25) is 0 Å². The maximum Gasteiger partial charge on any atom is 0.323 e. The van der Waals surface area contributed by atoms with Crippen LogP contribution in [0.15, 0.2) is 43.0 Å². The van der Waals surface area contributed by atoms with Crippen molar-refractivity contribution in [3.63, 3.8) is 0 Å². The normalized spacial score (nSPS) is 25.4. The number of aryl methyl sites for hydroxylation is 1. The van der Waals surface area contributed by atoms with E-state index < -0.39 is 23.9 Å². The van der Waals surface area contributed by atoms with Crippen LogP contribution in [0, 0.1) is 5.92 Å². The van der Waals surface area contributed by atoms with Crippen LogP contribution < -0.4 is 11.1 Å². The maximum absolute atomic E-state index is 12.5. The average molecular weight is 539 g/mol. The van der Waals surface area contributed by atoms with E-state index in [1.807, 2.05) is 50.5 Å². The lowest BCUT2D eigenvalue weighted by Gasteiger charge is -2.24. The van der Waals surface area contributed by atoms with Crippen LogP contribution in [-0.2, 0) is 36.8 Å². The zero-order valence-electron chi connectivity index (χ0n) is 22.9. The molecule has 0 amide bonds. The van der Waals surface area contributed by atoms with Crippen LogP contribution in [0.25, 0.3) is 11.2 Å². The van der Waals surface area contributed by atoms with Gasteiger partial charge in [-0.2, -0.15) is 0 Å². The number of nitrogens with one attached hydrogen (secondary N) is 1. The minimum absolute atomic E-state index is 0.0374. The van der Waals surface area contributed by atoms with Crippen LogP contribution in [0.5, 0.6) is 0 Å². The van der Waals surface area contributed by atoms with E-state index in [0.29, 0.717) is 30.8 Å². The second-order valence-electron chi connectivity index (χ2n) is 10.8. The molecule has 1 aromatic carbocycles. The first-order valence-electron chi connectivity index (χ1n) is 13.6. The number of ether oxygens (including phenoxy) is 4. The fourth-order valence-corrected chi connectivity index (χ4v) is 5.11. The number of anilines is 1. The Bertz CT molecular complexity index is 1270. The molecule has 39 heavy (non-hydrogen) atoms. The van der Waals surface area contributed by atoms with Gasteiger partial charge < -0.3 is 34.6 Å². The van der Waals surface area contributed by atoms with Gasteiger partial charge in [-0.05, 0) is 31.7 Å². The lowest BCUT2D eigenvalue weighted by Crippen LogP contribution is -2.40. The molecule has 11 heteroatoms. The summed E-state index contributed by atoms with van der Waals surface area (Å²) in [5, 5.41) is 3.36. The number of hydrogen-bond donors (Lipinski definition) is 2. The molecule has 6 atom stereocenters. The number of hydrogen-bond acceptors (Lipinski definition) is 10. The predicted octanol–water partition coefficient (Wildman–Crippen LogP) is 3.03. The van der Waals surface area contributed by atoms with E-state index in [9.17, 15) is 4.79 Å². The van der Waals surface area contributed by atoms with Crippen molar-refractivity contribution in [3.8, 4) is 0 Å². The standard InChI is InChI=1S/C28H38N6O5/c1-5-17(2)21(29)27(35)36-14-20-24-23(38-28(3,4)39-24)19(37-20)11-12-34-16-33-22-25(31-15-32-26(22)34)30-13-18-9-7-6-8-10-18/h6-10,15-17,19-21,23-24H,5,11-14,29H2,1-4H3,(H,30,31,32)/t17-,19-,20+,21-,23-,24+/m0/s1. The molecule has 0 bridgehead atoms. The number of imidazole rings is 1. The highest BCUT2D eigenvalue weighted by atomic mass is 16.8. The molecule has 3 aromatic rings. The molecule has 0 radical (unpaired) electrons. The summed E-state index contributed by atoms with van der Waals surface area (Å²) < 4.78 is 26.2. The molecule has 2 aliphatic heterocycles. The lowest BCUT2D eigenvalue weighted by molar-refractivity contribution is -0.194. The lowest BCUT2D eigenvalue weighted by atomic mass is 10.0. The second-order valence-corrected chi connectivity index (χ2v) is 10.8. The molecule has 2 aliphatic rings. The molecule has 0 aliphatic carbocycles. The van der Waals surface area contributed by atoms with Gasteiger partial charge in [0.15, 0.2) is 17.3 Å². The molecule has 4 heterocycles. The summed E-state index contributed by atoms with van der Waals surface area (Å²) >= 11 is 0. The summed E-state index contributed by atoms with van der Waals surface area (Å²) in [4.78, 5) is 25.9. The van der Waals surface area contributed by atoms with Crippen molar-refractivity contribution in [2.75, 3.05) is 11.9 Å². The van der Waals surface area contributed by atoms with Gasteiger partial charge in [-0.25, -0.2) is 15.0 Å². The Labute approximate surface area is 228 Å². The van der Waals surface area contributed by atoms with Crippen molar-refractivity contribution >= 4 is 23.0 Å². The second kappa shape index (κ2) is 11.5. The first kappa shape index (κ1) is 27.4. The van der Waals surface area contributed by atoms with Gasteiger partial charge in [0.2, 0.25) is 0 Å². The van der Waals surface area contributed by atoms with Crippen molar-refractivity contribution in [1.82, 2.24) is 19.5 Å². The summed E-state index contributed by atoms with van der Waals surface area (Å²) in [7, 11) is 0. The summed E-state index contributed by atoms with van der Waals surface area (Å²) in [5.74, 6) is -0.449. The number of carbonyl (C=O) groups excluding carboxylic acids is 1. The molecular weight excluding hydrogens is 500 g/mol. The van der Waals surface area contributed by atoms with E-state index in [1.165, 1.54) is 0 Å². The number of nitrogens with zero attached hydrogens (tertiary/aromatic N) is 4. The Kier molecular flexibility index (Phi) is 8.13. The van der Waals surface area contributed by atoms with Gasteiger partial charge in [-0.3, -0.25) is 4.79 Å². The summed E-state index contributed by atoms with van der Waals surface area (Å²) in [6.07, 6.45) is 3.44.